The summed E-state index contributed by atoms with van der Waals surface area (Å²) in [4.78, 5) is 28.1. The van der Waals surface area contributed by atoms with Gasteiger partial charge in [-0.15, -0.1) is 11.3 Å². The van der Waals surface area contributed by atoms with Crippen molar-refractivity contribution in [3.8, 4) is 0 Å². The first-order valence-corrected chi connectivity index (χ1v) is 9.13. The van der Waals surface area contributed by atoms with E-state index >= 15 is 0 Å². The van der Waals surface area contributed by atoms with E-state index < -0.39 is 11.7 Å². The number of hydrogen-bond acceptors (Lipinski definition) is 4. The minimum atomic E-state index is -0.675. The third kappa shape index (κ3) is 4.64. The summed E-state index contributed by atoms with van der Waals surface area (Å²) in [5, 5.41) is 1.06. The van der Waals surface area contributed by atoms with E-state index in [2.05, 4.69) is 15.8 Å². The number of nitrogens with zero attached hydrogens (tertiary/aromatic N) is 1. The third-order valence-corrected chi connectivity index (χ3v) is 4.91. The molecule has 0 radical (unpaired) electrons. The van der Waals surface area contributed by atoms with Crippen LogP contribution in [-0.2, 0) is 11.2 Å². The molecule has 2 amide bonds. The predicted octanol–water partition coefficient (Wildman–Crippen LogP) is 3.61. The molecule has 3 rings (SSSR count). The maximum atomic E-state index is 13.5. The van der Waals surface area contributed by atoms with Crippen molar-refractivity contribution in [3.05, 3.63) is 64.9 Å². The smallest absolute Gasteiger partial charge is 0.272 e. The van der Waals surface area contributed by atoms with E-state index in [-0.39, 0.29) is 17.9 Å². The lowest BCUT2D eigenvalue weighted by Gasteiger charge is -2.07. The second-order valence-corrected chi connectivity index (χ2v) is 6.88. The second kappa shape index (κ2) is 8.53. The Morgan fingerprint density at radius 2 is 1.77 bits per heavy atom. The van der Waals surface area contributed by atoms with Crippen molar-refractivity contribution in [1.29, 1.82) is 0 Å². The Kier molecular flexibility index (Phi) is 5.91. The van der Waals surface area contributed by atoms with Gasteiger partial charge < -0.3 is 0 Å². The first-order chi connectivity index (χ1) is 12.6. The van der Waals surface area contributed by atoms with E-state index in [0.29, 0.717) is 6.42 Å². The molecule has 3 aromatic rings. The average Bonchev–Trinajstić information content (AvgIpc) is 3.06. The Morgan fingerprint density at radius 1 is 1.00 bits per heavy atom. The molecule has 0 unspecified atom stereocenters. The highest BCUT2D eigenvalue weighted by molar-refractivity contribution is 7.18. The van der Waals surface area contributed by atoms with Gasteiger partial charge in [0, 0.05) is 6.42 Å². The van der Waals surface area contributed by atoms with Crippen LogP contribution in [0.1, 0.15) is 34.6 Å². The van der Waals surface area contributed by atoms with Crippen LogP contribution >= 0.6 is 11.3 Å². The van der Waals surface area contributed by atoms with Crippen molar-refractivity contribution < 1.29 is 14.0 Å². The summed E-state index contributed by atoms with van der Waals surface area (Å²) in [5.41, 5.74) is 5.43. The number of rotatable bonds is 6. The van der Waals surface area contributed by atoms with Crippen LogP contribution in [0.5, 0.6) is 0 Å². The summed E-state index contributed by atoms with van der Waals surface area (Å²) in [6.07, 6.45) is 2.60. The van der Waals surface area contributed by atoms with E-state index in [1.807, 2.05) is 24.3 Å². The number of nitrogens with one attached hydrogen (secondary N) is 2. The Balaban J connectivity index is 1.37. The van der Waals surface area contributed by atoms with Crippen LogP contribution in [0, 0.1) is 5.82 Å². The lowest BCUT2D eigenvalue weighted by molar-refractivity contribution is -0.121. The summed E-state index contributed by atoms with van der Waals surface area (Å²) in [5.74, 6) is -1.61. The topological polar surface area (TPSA) is 71.1 Å². The number of carbonyl (C=O) groups is 2. The summed E-state index contributed by atoms with van der Waals surface area (Å²) < 4.78 is 14.6. The van der Waals surface area contributed by atoms with E-state index in [0.717, 1.165) is 28.1 Å². The maximum absolute atomic E-state index is 13.5. The van der Waals surface area contributed by atoms with Gasteiger partial charge >= 0.3 is 0 Å². The number of aryl methyl sites for hydroxylation is 1. The molecule has 0 aliphatic rings. The number of carbonyl (C=O) groups excluding carboxylic acids is 2. The van der Waals surface area contributed by atoms with Gasteiger partial charge in [-0.1, -0.05) is 24.3 Å². The molecule has 5 nitrogen and oxygen atoms in total. The number of unbranched alkanes of at least 4 members (excludes halogenated alkanes) is 1. The van der Waals surface area contributed by atoms with E-state index in [9.17, 15) is 14.0 Å². The molecule has 0 saturated carbocycles. The molecular weight excluding hydrogens is 353 g/mol. The molecule has 0 bridgehead atoms. The van der Waals surface area contributed by atoms with E-state index in [1.165, 1.54) is 18.2 Å². The molecule has 1 aromatic heterocycles. The summed E-state index contributed by atoms with van der Waals surface area (Å²) in [6, 6.07) is 13.6. The maximum Gasteiger partial charge on any atom is 0.272 e. The van der Waals surface area contributed by atoms with Crippen molar-refractivity contribution in [2.24, 2.45) is 0 Å². The number of thiazole rings is 1. The van der Waals surface area contributed by atoms with Crippen molar-refractivity contribution in [1.82, 2.24) is 15.8 Å². The number of halogens is 1. The number of hydrazine groups is 1. The summed E-state index contributed by atoms with van der Waals surface area (Å²) >= 11 is 1.67. The van der Waals surface area contributed by atoms with Gasteiger partial charge in [-0.2, -0.15) is 0 Å². The number of fused-ring (bicyclic) bond motifs is 1. The average molecular weight is 371 g/mol. The first-order valence-electron chi connectivity index (χ1n) is 8.31. The van der Waals surface area contributed by atoms with Crippen LogP contribution in [0.2, 0.25) is 0 Å². The highest BCUT2D eigenvalue weighted by Gasteiger charge is 2.11. The molecule has 134 valence electrons. The molecule has 2 aromatic carbocycles. The Hall–Kier alpha value is -2.80. The SMILES string of the molecule is O=C(CCCCc1nc2ccccc2s1)NNC(=O)c1ccccc1F. The van der Waals surface area contributed by atoms with E-state index in [1.54, 1.807) is 17.4 Å². The van der Waals surface area contributed by atoms with Crippen LogP contribution in [0.25, 0.3) is 10.2 Å². The Labute approximate surface area is 154 Å². The summed E-state index contributed by atoms with van der Waals surface area (Å²) in [7, 11) is 0. The highest BCUT2D eigenvalue weighted by atomic mass is 32.1. The van der Waals surface area contributed by atoms with Gasteiger partial charge in [0.1, 0.15) is 5.82 Å². The molecule has 1 heterocycles. The van der Waals surface area contributed by atoms with Crippen LogP contribution in [0.15, 0.2) is 48.5 Å². The molecule has 0 atom stereocenters. The standard InChI is InChI=1S/C19H18FN3O2S/c20-14-8-2-1-7-13(14)19(25)23-22-17(24)11-5-6-12-18-21-15-9-3-4-10-16(15)26-18/h1-4,7-10H,5-6,11-12H2,(H,22,24)(H,23,25). The van der Waals surface area contributed by atoms with Crippen LogP contribution in [0.4, 0.5) is 4.39 Å². The fourth-order valence-electron chi connectivity index (χ4n) is 2.49. The quantitative estimate of drug-likeness (QED) is 0.514. The lowest BCUT2D eigenvalue weighted by atomic mass is 10.2. The minimum Gasteiger partial charge on any atom is -0.273 e. The molecule has 0 fully saturated rings. The zero-order valence-corrected chi connectivity index (χ0v) is 14.8. The number of aromatic nitrogens is 1. The number of amides is 2. The van der Waals surface area contributed by atoms with Gasteiger partial charge in [-0.05, 0) is 43.5 Å². The molecular formula is C19H18FN3O2S. The van der Waals surface area contributed by atoms with Gasteiger partial charge in [-0.25, -0.2) is 9.37 Å². The minimum absolute atomic E-state index is 0.108. The molecule has 0 spiro atoms. The Bertz CT molecular complexity index is 893. The third-order valence-electron chi connectivity index (χ3n) is 3.82. The van der Waals surface area contributed by atoms with Gasteiger partial charge in [0.05, 0.1) is 20.8 Å². The van der Waals surface area contributed by atoms with Crippen molar-refractivity contribution in [2.75, 3.05) is 0 Å². The van der Waals surface area contributed by atoms with Crippen molar-refractivity contribution >= 4 is 33.4 Å². The van der Waals surface area contributed by atoms with Crippen LogP contribution < -0.4 is 10.9 Å². The fourth-order valence-corrected chi connectivity index (χ4v) is 3.50. The Morgan fingerprint density at radius 3 is 2.58 bits per heavy atom. The lowest BCUT2D eigenvalue weighted by Crippen LogP contribution is -2.41. The van der Waals surface area contributed by atoms with Gasteiger partial charge in [-0.3, -0.25) is 20.4 Å². The van der Waals surface area contributed by atoms with Crippen LogP contribution in [-0.4, -0.2) is 16.8 Å². The number of benzene rings is 2. The highest BCUT2D eigenvalue weighted by Crippen LogP contribution is 2.22. The first kappa shape index (κ1) is 18.0. The fraction of sp³-hybridized carbons (Fsp3) is 0.211. The zero-order chi connectivity index (χ0) is 18.4. The number of para-hydroxylation sites is 1. The monoisotopic (exact) mass is 371 g/mol. The predicted molar refractivity (Wildman–Crippen MR) is 99.2 cm³/mol. The molecule has 7 heteroatoms. The molecule has 0 aliphatic heterocycles. The van der Waals surface area contributed by atoms with Crippen molar-refractivity contribution in [3.63, 3.8) is 0 Å². The molecule has 0 aliphatic carbocycles. The number of hydrogen-bond donors (Lipinski definition) is 2. The second-order valence-electron chi connectivity index (χ2n) is 5.76. The molecule has 0 saturated heterocycles. The van der Waals surface area contributed by atoms with Crippen molar-refractivity contribution in [2.45, 2.75) is 25.7 Å². The summed E-state index contributed by atoms with van der Waals surface area (Å²) in [6.45, 7) is 0. The van der Waals surface area contributed by atoms with Crippen LogP contribution in [0.3, 0.4) is 0 Å². The van der Waals surface area contributed by atoms with E-state index in [4.69, 9.17) is 0 Å². The molecule has 2 N–H and O–H groups in total. The van der Waals surface area contributed by atoms with Gasteiger partial charge in [0.2, 0.25) is 5.91 Å². The molecule has 26 heavy (non-hydrogen) atoms. The largest absolute Gasteiger partial charge is 0.273 e. The zero-order valence-electron chi connectivity index (χ0n) is 14.0. The normalized spacial score (nSPS) is 10.7. The van der Waals surface area contributed by atoms with Gasteiger partial charge in [0.15, 0.2) is 0 Å². The van der Waals surface area contributed by atoms with Gasteiger partial charge in [0.25, 0.3) is 5.91 Å².